The summed E-state index contributed by atoms with van der Waals surface area (Å²) in [7, 11) is 0. The van der Waals surface area contributed by atoms with Gasteiger partial charge in [0.05, 0.1) is 17.1 Å². The lowest BCUT2D eigenvalue weighted by Gasteiger charge is -2.37. The molecule has 1 amide bonds. The minimum absolute atomic E-state index is 0.0903. The fourth-order valence-corrected chi connectivity index (χ4v) is 7.37. The molecule has 1 aromatic heterocycles. The van der Waals surface area contributed by atoms with Crippen LogP contribution in [0.2, 0.25) is 0 Å². The topological polar surface area (TPSA) is 54.5 Å². The second-order valence-corrected chi connectivity index (χ2v) is 11.3. The Morgan fingerprint density at radius 3 is 2.78 bits per heavy atom. The molecule has 4 aliphatic rings. The minimum Gasteiger partial charge on any atom is -0.373 e. The van der Waals surface area contributed by atoms with Crippen LogP contribution in [-0.4, -0.2) is 41.0 Å². The van der Waals surface area contributed by atoms with Crippen LogP contribution < -0.4 is 5.32 Å². The molecule has 5 atom stereocenters. The van der Waals surface area contributed by atoms with E-state index < -0.39 is 17.2 Å². The molecule has 1 N–H and O–H groups in total. The van der Waals surface area contributed by atoms with E-state index in [0.29, 0.717) is 36.2 Å². The first-order chi connectivity index (χ1) is 17.8. The Morgan fingerprint density at radius 2 is 1.97 bits per heavy atom. The van der Waals surface area contributed by atoms with Crippen LogP contribution in [0.4, 0.5) is 13.2 Å². The molecule has 3 fully saturated rings. The first-order valence-corrected chi connectivity index (χ1v) is 13.6. The van der Waals surface area contributed by atoms with Crippen molar-refractivity contribution in [1.82, 2.24) is 15.2 Å². The maximum atomic E-state index is 14.0. The van der Waals surface area contributed by atoms with Crippen LogP contribution in [0, 0.1) is 11.3 Å². The van der Waals surface area contributed by atoms with Gasteiger partial charge in [0, 0.05) is 50.1 Å². The third-order valence-corrected chi connectivity index (χ3v) is 9.14. The van der Waals surface area contributed by atoms with E-state index in [9.17, 15) is 18.0 Å². The van der Waals surface area contributed by atoms with Gasteiger partial charge in [0.1, 0.15) is 0 Å². The number of rotatable bonds is 4. The molecule has 0 radical (unpaired) electrons. The number of carbonyl (C=O) groups is 1. The number of hydrogen-bond acceptors (Lipinski definition) is 4. The number of halogens is 3. The Balaban J connectivity index is 1.14. The SMILES string of the molecule is O=C(N1CCc2ncc(C(F)(F)F)cc2C1)[C@@]12CCC[C@@H]1C[C@@H](N[C@@H]1CCO[C@H](c3ccccc3)C1)C2. The van der Waals surface area contributed by atoms with Crippen LogP contribution >= 0.6 is 0 Å². The molecule has 0 spiro atoms. The fourth-order valence-electron chi connectivity index (χ4n) is 7.37. The first kappa shape index (κ1) is 24.9. The van der Waals surface area contributed by atoms with Gasteiger partial charge in [0.15, 0.2) is 0 Å². The zero-order valence-electron chi connectivity index (χ0n) is 21.0. The van der Waals surface area contributed by atoms with Gasteiger partial charge in [-0.2, -0.15) is 13.2 Å². The van der Waals surface area contributed by atoms with Crippen molar-refractivity contribution in [3.63, 3.8) is 0 Å². The van der Waals surface area contributed by atoms with Crippen LogP contribution in [0.1, 0.15) is 73.4 Å². The summed E-state index contributed by atoms with van der Waals surface area (Å²) in [5, 5.41) is 3.88. The maximum Gasteiger partial charge on any atom is 0.417 e. The number of fused-ring (bicyclic) bond motifs is 2. The largest absolute Gasteiger partial charge is 0.417 e. The van der Waals surface area contributed by atoms with E-state index in [-0.39, 0.29) is 24.6 Å². The number of benzene rings is 1. The number of amides is 1. The van der Waals surface area contributed by atoms with Crippen LogP contribution in [0.3, 0.4) is 0 Å². The molecule has 1 aromatic carbocycles. The number of hydrogen-bond donors (Lipinski definition) is 1. The highest BCUT2D eigenvalue weighted by molar-refractivity contribution is 5.84. The number of carbonyl (C=O) groups excluding carboxylic acids is 1. The van der Waals surface area contributed by atoms with Gasteiger partial charge >= 0.3 is 6.18 Å². The molecule has 6 rings (SSSR count). The van der Waals surface area contributed by atoms with Crippen LogP contribution in [0.25, 0.3) is 0 Å². The summed E-state index contributed by atoms with van der Waals surface area (Å²) in [6.45, 7) is 1.46. The van der Waals surface area contributed by atoms with Crippen molar-refractivity contribution in [3.05, 3.63) is 65.0 Å². The van der Waals surface area contributed by atoms with Crippen molar-refractivity contribution in [2.45, 2.75) is 82.3 Å². The van der Waals surface area contributed by atoms with Gasteiger partial charge in [0.25, 0.3) is 0 Å². The van der Waals surface area contributed by atoms with E-state index in [1.54, 1.807) is 0 Å². The molecule has 5 nitrogen and oxygen atoms in total. The van der Waals surface area contributed by atoms with Gasteiger partial charge in [-0.05, 0) is 61.6 Å². The second kappa shape index (κ2) is 9.70. The monoisotopic (exact) mass is 513 g/mol. The number of pyridine rings is 1. The lowest BCUT2D eigenvalue weighted by Crippen LogP contribution is -2.47. The summed E-state index contributed by atoms with van der Waals surface area (Å²) in [4.78, 5) is 19.9. The van der Waals surface area contributed by atoms with Crippen LogP contribution in [0.15, 0.2) is 42.6 Å². The van der Waals surface area contributed by atoms with Crippen molar-refractivity contribution in [1.29, 1.82) is 0 Å². The molecular formula is C29H34F3N3O2. The van der Waals surface area contributed by atoms with Gasteiger partial charge in [-0.15, -0.1) is 0 Å². The molecule has 0 bridgehead atoms. The summed E-state index contributed by atoms with van der Waals surface area (Å²) in [6.07, 6.45) is 3.72. The number of aromatic nitrogens is 1. The number of nitrogens with zero attached hydrogens (tertiary/aromatic N) is 2. The number of nitrogens with one attached hydrogen (secondary N) is 1. The number of alkyl halides is 3. The van der Waals surface area contributed by atoms with Crippen molar-refractivity contribution in [3.8, 4) is 0 Å². The molecule has 2 aliphatic carbocycles. The summed E-state index contributed by atoms with van der Waals surface area (Å²) in [5.41, 5.74) is 1.28. The summed E-state index contributed by atoms with van der Waals surface area (Å²) < 4.78 is 45.8. The van der Waals surface area contributed by atoms with E-state index in [1.165, 1.54) is 11.6 Å². The Morgan fingerprint density at radius 1 is 1.14 bits per heavy atom. The lowest BCUT2D eigenvalue weighted by molar-refractivity contribution is -0.144. The maximum absolute atomic E-state index is 14.0. The summed E-state index contributed by atoms with van der Waals surface area (Å²) in [6, 6.07) is 12.1. The van der Waals surface area contributed by atoms with E-state index in [2.05, 4.69) is 22.4 Å². The Labute approximate surface area is 215 Å². The molecule has 8 heteroatoms. The summed E-state index contributed by atoms with van der Waals surface area (Å²) >= 11 is 0. The minimum atomic E-state index is -4.43. The average Bonchev–Trinajstić information content (AvgIpc) is 3.46. The molecule has 2 aliphatic heterocycles. The zero-order chi connectivity index (χ0) is 25.6. The van der Waals surface area contributed by atoms with Crippen molar-refractivity contribution in [2.75, 3.05) is 13.2 Å². The highest BCUT2D eigenvalue weighted by Crippen LogP contribution is 2.55. The molecule has 1 saturated heterocycles. The third-order valence-electron chi connectivity index (χ3n) is 9.14. The quantitative estimate of drug-likeness (QED) is 0.591. The molecule has 0 unspecified atom stereocenters. The molecule has 2 aromatic rings. The molecular weight excluding hydrogens is 479 g/mol. The number of ether oxygens (including phenoxy) is 1. The van der Waals surface area contributed by atoms with E-state index in [4.69, 9.17) is 4.74 Å². The lowest BCUT2D eigenvalue weighted by atomic mass is 9.78. The third kappa shape index (κ3) is 4.78. The molecule has 198 valence electrons. The predicted molar refractivity (Wildman–Crippen MR) is 132 cm³/mol. The van der Waals surface area contributed by atoms with E-state index in [0.717, 1.165) is 57.7 Å². The Kier molecular flexibility index (Phi) is 6.51. The highest BCUT2D eigenvalue weighted by Gasteiger charge is 2.56. The van der Waals surface area contributed by atoms with Crippen LogP contribution in [-0.2, 0) is 28.7 Å². The smallest absolute Gasteiger partial charge is 0.373 e. The Bertz CT molecular complexity index is 1140. The van der Waals surface area contributed by atoms with Gasteiger partial charge in [-0.25, -0.2) is 0 Å². The van der Waals surface area contributed by atoms with Gasteiger partial charge < -0.3 is 15.0 Å². The fraction of sp³-hybridized carbons (Fsp3) is 0.586. The van der Waals surface area contributed by atoms with Crippen molar-refractivity contribution in [2.24, 2.45) is 11.3 Å². The first-order valence-electron chi connectivity index (χ1n) is 13.6. The Hall–Kier alpha value is -2.45. The second-order valence-electron chi connectivity index (χ2n) is 11.3. The van der Waals surface area contributed by atoms with Crippen molar-refractivity contribution >= 4 is 5.91 Å². The van der Waals surface area contributed by atoms with Gasteiger partial charge in [0.2, 0.25) is 5.91 Å². The van der Waals surface area contributed by atoms with E-state index in [1.807, 2.05) is 23.1 Å². The van der Waals surface area contributed by atoms with Crippen LogP contribution in [0.5, 0.6) is 0 Å². The molecule has 2 saturated carbocycles. The van der Waals surface area contributed by atoms with Crippen molar-refractivity contribution < 1.29 is 22.7 Å². The standard InChI is InChI=1S/C29H34F3N3O2/c30-29(31,32)22-13-20-18-35(11-8-25(20)33-17-22)27(36)28-10-4-7-21(28)14-24(16-28)34-23-9-12-37-26(15-23)19-5-2-1-3-6-19/h1-3,5-6,13,17,21,23-24,26,34H,4,7-12,14-16,18H2/t21-,23-,24-,26+,28-/m1/s1. The highest BCUT2D eigenvalue weighted by atomic mass is 19.4. The zero-order valence-corrected chi connectivity index (χ0v) is 21.0. The van der Waals surface area contributed by atoms with Gasteiger partial charge in [-0.3, -0.25) is 9.78 Å². The average molecular weight is 514 g/mol. The normalized spacial score (nSPS) is 31.7. The molecule has 37 heavy (non-hydrogen) atoms. The van der Waals surface area contributed by atoms with E-state index >= 15 is 0 Å². The van der Waals surface area contributed by atoms with Gasteiger partial charge in [-0.1, -0.05) is 36.8 Å². The predicted octanol–water partition coefficient (Wildman–Crippen LogP) is 5.44. The molecule has 3 heterocycles. The summed E-state index contributed by atoms with van der Waals surface area (Å²) in [5.74, 6) is 0.472.